The third-order valence-electron chi connectivity index (χ3n) is 2.56. The standard InChI is InChI=1S/C9H15BrN4S/c1-8-11-9(15-12-8)14-6-4-13(3-2-10)5-7-14/h2-7H2,1H3. The van der Waals surface area contributed by atoms with Gasteiger partial charge in [0.05, 0.1) is 0 Å². The Balaban J connectivity index is 1.88. The molecule has 0 unspecified atom stereocenters. The van der Waals surface area contributed by atoms with Gasteiger partial charge in [-0.2, -0.15) is 4.37 Å². The molecular weight excluding hydrogens is 276 g/mol. The third kappa shape index (κ3) is 2.89. The van der Waals surface area contributed by atoms with Crippen molar-refractivity contribution in [3.63, 3.8) is 0 Å². The van der Waals surface area contributed by atoms with Crippen molar-refractivity contribution in [3.8, 4) is 0 Å². The summed E-state index contributed by atoms with van der Waals surface area (Å²) < 4.78 is 4.21. The maximum absolute atomic E-state index is 4.41. The summed E-state index contributed by atoms with van der Waals surface area (Å²) in [6, 6.07) is 0. The van der Waals surface area contributed by atoms with E-state index in [0.29, 0.717) is 0 Å². The van der Waals surface area contributed by atoms with Crippen molar-refractivity contribution < 1.29 is 0 Å². The summed E-state index contributed by atoms with van der Waals surface area (Å²) in [5.41, 5.74) is 0. The molecule has 1 aliphatic rings. The Labute approximate surface area is 103 Å². The molecular formula is C9H15BrN4S. The first-order chi connectivity index (χ1) is 7.29. The Morgan fingerprint density at radius 1 is 1.33 bits per heavy atom. The van der Waals surface area contributed by atoms with E-state index in [1.54, 1.807) is 0 Å². The molecule has 0 atom stereocenters. The number of hydrogen-bond acceptors (Lipinski definition) is 5. The lowest BCUT2D eigenvalue weighted by molar-refractivity contribution is 0.274. The first-order valence-electron chi connectivity index (χ1n) is 5.13. The van der Waals surface area contributed by atoms with E-state index in [0.717, 1.165) is 49.0 Å². The summed E-state index contributed by atoms with van der Waals surface area (Å²) in [7, 11) is 0. The second-order valence-corrected chi connectivity index (χ2v) is 5.17. The third-order valence-corrected chi connectivity index (χ3v) is 3.78. The van der Waals surface area contributed by atoms with Gasteiger partial charge in [0.2, 0.25) is 5.13 Å². The summed E-state index contributed by atoms with van der Waals surface area (Å²) in [6.07, 6.45) is 0. The molecule has 0 saturated carbocycles. The summed E-state index contributed by atoms with van der Waals surface area (Å²) in [4.78, 5) is 9.21. The minimum Gasteiger partial charge on any atom is -0.344 e. The second kappa shape index (κ2) is 5.23. The molecule has 1 aliphatic heterocycles. The van der Waals surface area contributed by atoms with E-state index in [4.69, 9.17) is 0 Å². The van der Waals surface area contributed by atoms with Gasteiger partial charge in [-0.15, -0.1) is 0 Å². The molecule has 1 aromatic heterocycles. The van der Waals surface area contributed by atoms with E-state index in [1.165, 1.54) is 11.5 Å². The first-order valence-corrected chi connectivity index (χ1v) is 7.02. The molecule has 1 aromatic rings. The summed E-state index contributed by atoms with van der Waals surface area (Å²) in [5, 5.41) is 2.14. The number of nitrogens with zero attached hydrogens (tertiary/aromatic N) is 4. The number of aryl methyl sites for hydroxylation is 1. The molecule has 15 heavy (non-hydrogen) atoms. The Morgan fingerprint density at radius 3 is 2.60 bits per heavy atom. The molecule has 0 radical (unpaired) electrons. The van der Waals surface area contributed by atoms with Gasteiger partial charge in [0.1, 0.15) is 5.82 Å². The minimum absolute atomic E-state index is 0.887. The molecule has 2 heterocycles. The predicted molar refractivity (Wildman–Crippen MR) is 67.1 cm³/mol. The highest BCUT2D eigenvalue weighted by atomic mass is 79.9. The first kappa shape index (κ1) is 11.3. The second-order valence-electron chi connectivity index (χ2n) is 3.64. The van der Waals surface area contributed by atoms with E-state index < -0.39 is 0 Å². The normalized spacial score (nSPS) is 18.4. The highest BCUT2D eigenvalue weighted by Gasteiger charge is 2.18. The number of aromatic nitrogens is 2. The van der Waals surface area contributed by atoms with Crippen molar-refractivity contribution in [2.45, 2.75) is 6.92 Å². The van der Waals surface area contributed by atoms with Crippen LogP contribution in [0.15, 0.2) is 0 Å². The molecule has 2 rings (SSSR count). The molecule has 1 fully saturated rings. The molecule has 0 aliphatic carbocycles. The minimum atomic E-state index is 0.887. The van der Waals surface area contributed by atoms with Gasteiger partial charge >= 0.3 is 0 Å². The molecule has 0 amide bonds. The molecule has 0 aromatic carbocycles. The lowest BCUT2D eigenvalue weighted by atomic mass is 10.3. The Kier molecular flexibility index (Phi) is 3.93. The summed E-state index contributed by atoms with van der Waals surface area (Å²) >= 11 is 4.98. The predicted octanol–water partition coefficient (Wildman–Crippen LogP) is 1.36. The largest absolute Gasteiger partial charge is 0.344 e. The van der Waals surface area contributed by atoms with Crippen LogP contribution in [-0.2, 0) is 0 Å². The van der Waals surface area contributed by atoms with Crippen LogP contribution in [0.2, 0.25) is 0 Å². The highest BCUT2D eigenvalue weighted by Crippen LogP contribution is 2.18. The zero-order valence-electron chi connectivity index (χ0n) is 8.82. The van der Waals surface area contributed by atoms with Crippen LogP contribution in [0.25, 0.3) is 0 Å². The van der Waals surface area contributed by atoms with Gasteiger partial charge in [0, 0.05) is 49.6 Å². The van der Waals surface area contributed by atoms with E-state index in [1.807, 2.05) is 6.92 Å². The monoisotopic (exact) mass is 290 g/mol. The van der Waals surface area contributed by atoms with Crippen LogP contribution in [0.5, 0.6) is 0 Å². The van der Waals surface area contributed by atoms with E-state index in [9.17, 15) is 0 Å². The lowest BCUT2D eigenvalue weighted by Crippen LogP contribution is -2.46. The van der Waals surface area contributed by atoms with E-state index in [2.05, 4.69) is 35.1 Å². The fraction of sp³-hybridized carbons (Fsp3) is 0.778. The molecule has 0 N–H and O–H groups in total. The molecule has 84 valence electrons. The van der Waals surface area contributed by atoms with E-state index >= 15 is 0 Å². The zero-order valence-corrected chi connectivity index (χ0v) is 11.2. The fourth-order valence-electron chi connectivity index (χ4n) is 1.70. The quantitative estimate of drug-likeness (QED) is 0.787. The van der Waals surface area contributed by atoms with Crippen LogP contribution >= 0.6 is 27.5 Å². The van der Waals surface area contributed by atoms with Gasteiger partial charge < -0.3 is 4.90 Å². The Bertz CT molecular complexity index is 309. The summed E-state index contributed by atoms with van der Waals surface area (Å²) in [5.74, 6) is 0.887. The summed E-state index contributed by atoms with van der Waals surface area (Å²) in [6.45, 7) is 7.49. The van der Waals surface area contributed by atoms with Crippen molar-refractivity contribution in [3.05, 3.63) is 5.82 Å². The number of anilines is 1. The Morgan fingerprint density at radius 2 is 2.07 bits per heavy atom. The van der Waals surface area contributed by atoms with Gasteiger partial charge in [-0.3, -0.25) is 4.90 Å². The van der Waals surface area contributed by atoms with E-state index in [-0.39, 0.29) is 0 Å². The maximum Gasteiger partial charge on any atom is 0.205 e. The fourth-order valence-corrected chi connectivity index (χ4v) is 2.92. The van der Waals surface area contributed by atoms with Crippen molar-refractivity contribution in [2.24, 2.45) is 0 Å². The topological polar surface area (TPSA) is 32.3 Å². The molecule has 0 bridgehead atoms. The Hall–Kier alpha value is -0.200. The van der Waals surface area contributed by atoms with Crippen molar-refractivity contribution in [1.82, 2.24) is 14.3 Å². The number of piperazine rings is 1. The zero-order chi connectivity index (χ0) is 10.7. The van der Waals surface area contributed by atoms with Crippen molar-refractivity contribution in [2.75, 3.05) is 43.0 Å². The van der Waals surface area contributed by atoms with Crippen LogP contribution in [0.3, 0.4) is 0 Å². The maximum atomic E-state index is 4.41. The molecule has 4 nitrogen and oxygen atoms in total. The van der Waals surface area contributed by atoms with Crippen LogP contribution in [0.4, 0.5) is 5.13 Å². The van der Waals surface area contributed by atoms with Gasteiger partial charge in [-0.25, -0.2) is 4.98 Å². The molecule has 6 heteroatoms. The molecule has 0 spiro atoms. The SMILES string of the molecule is Cc1nsc(N2CCN(CCBr)CC2)n1. The average molecular weight is 291 g/mol. The average Bonchev–Trinajstić information content (AvgIpc) is 2.67. The number of rotatable bonds is 3. The van der Waals surface area contributed by atoms with Crippen LogP contribution in [-0.4, -0.2) is 52.3 Å². The van der Waals surface area contributed by atoms with Crippen LogP contribution < -0.4 is 4.90 Å². The lowest BCUT2D eigenvalue weighted by Gasteiger charge is -2.33. The van der Waals surface area contributed by atoms with Crippen LogP contribution in [0, 0.1) is 6.92 Å². The smallest absolute Gasteiger partial charge is 0.205 e. The van der Waals surface area contributed by atoms with Gasteiger partial charge in [-0.05, 0) is 6.92 Å². The van der Waals surface area contributed by atoms with Gasteiger partial charge in [0.25, 0.3) is 0 Å². The number of halogens is 1. The van der Waals surface area contributed by atoms with Crippen molar-refractivity contribution >= 4 is 32.6 Å². The van der Waals surface area contributed by atoms with Crippen LogP contribution in [0.1, 0.15) is 5.82 Å². The number of hydrogen-bond donors (Lipinski definition) is 0. The molecule has 1 saturated heterocycles. The highest BCUT2D eigenvalue weighted by molar-refractivity contribution is 9.09. The van der Waals surface area contributed by atoms with Crippen molar-refractivity contribution in [1.29, 1.82) is 0 Å². The number of alkyl halides is 1. The van der Waals surface area contributed by atoms with Gasteiger partial charge in [0.15, 0.2) is 0 Å². The van der Waals surface area contributed by atoms with Gasteiger partial charge in [-0.1, -0.05) is 15.9 Å².